The lowest BCUT2D eigenvalue weighted by atomic mass is 10.0. The van der Waals surface area contributed by atoms with E-state index in [9.17, 15) is 0 Å². The molecule has 0 amide bonds. The SMILES string of the molecule is CCOC(CCNCc1cccs1)C(C)C. The Kier molecular flexibility index (Phi) is 6.69. The second-order valence-electron chi connectivity index (χ2n) is 4.28. The Labute approximate surface area is 103 Å². The average Bonchev–Trinajstić information content (AvgIpc) is 2.75. The highest BCUT2D eigenvalue weighted by Crippen LogP contribution is 2.11. The minimum Gasteiger partial charge on any atom is -0.378 e. The molecule has 0 saturated heterocycles. The highest BCUT2D eigenvalue weighted by molar-refractivity contribution is 7.09. The van der Waals surface area contributed by atoms with Crippen molar-refractivity contribution >= 4 is 11.3 Å². The first-order valence-electron chi connectivity index (χ1n) is 6.08. The molecule has 0 aliphatic rings. The Bertz CT molecular complexity index is 259. The summed E-state index contributed by atoms with van der Waals surface area (Å²) in [6.07, 6.45) is 1.48. The molecule has 92 valence electrons. The van der Waals surface area contributed by atoms with Gasteiger partial charge in [-0.15, -0.1) is 11.3 Å². The van der Waals surface area contributed by atoms with Gasteiger partial charge in [-0.05, 0) is 37.3 Å². The largest absolute Gasteiger partial charge is 0.378 e. The van der Waals surface area contributed by atoms with Gasteiger partial charge in [0, 0.05) is 18.0 Å². The van der Waals surface area contributed by atoms with Crippen LogP contribution < -0.4 is 5.32 Å². The van der Waals surface area contributed by atoms with Crippen molar-refractivity contribution in [1.29, 1.82) is 0 Å². The summed E-state index contributed by atoms with van der Waals surface area (Å²) in [6, 6.07) is 4.26. The van der Waals surface area contributed by atoms with Crippen molar-refractivity contribution in [2.45, 2.75) is 39.8 Å². The van der Waals surface area contributed by atoms with E-state index in [2.05, 4.69) is 43.6 Å². The Balaban J connectivity index is 2.13. The maximum Gasteiger partial charge on any atom is 0.0609 e. The maximum atomic E-state index is 5.70. The van der Waals surface area contributed by atoms with Crippen molar-refractivity contribution in [3.63, 3.8) is 0 Å². The number of rotatable bonds is 8. The van der Waals surface area contributed by atoms with Gasteiger partial charge in [0.15, 0.2) is 0 Å². The van der Waals surface area contributed by atoms with Crippen LogP contribution in [-0.2, 0) is 11.3 Å². The molecule has 16 heavy (non-hydrogen) atoms. The minimum absolute atomic E-state index is 0.390. The molecule has 0 aliphatic heterocycles. The quantitative estimate of drug-likeness (QED) is 0.705. The van der Waals surface area contributed by atoms with E-state index in [4.69, 9.17) is 4.74 Å². The van der Waals surface area contributed by atoms with E-state index in [-0.39, 0.29) is 0 Å². The van der Waals surface area contributed by atoms with E-state index in [1.54, 1.807) is 11.3 Å². The van der Waals surface area contributed by atoms with Gasteiger partial charge in [0.2, 0.25) is 0 Å². The summed E-state index contributed by atoms with van der Waals surface area (Å²) in [5.74, 6) is 0.600. The second-order valence-corrected chi connectivity index (χ2v) is 5.31. The number of ether oxygens (including phenoxy) is 1. The van der Waals surface area contributed by atoms with Crippen LogP contribution >= 0.6 is 11.3 Å². The summed E-state index contributed by atoms with van der Waals surface area (Å²) in [5, 5.41) is 5.58. The Hall–Kier alpha value is -0.380. The monoisotopic (exact) mass is 241 g/mol. The lowest BCUT2D eigenvalue weighted by Gasteiger charge is -2.20. The van der Waals surface area contributed by atoms with Crippen molar-refractivity contribution in [3.05, 3.63) is 22.4 Å². The normalized spacial score (nSPS) is 13.2. The third-order valence-electron chi connectivity index (χ3n) is 2.61. The van der Waals surface area contributed by atoms with Gasteiger partial charge in [0.25, 0.3) is 0 Å². The molecular formula is C13H23NOS. The van der Waals surface area contributed by atoms with Crippen LogP contribution in [0.25, 0.3) is 0 Å². The molecule has 1 aromatic rings. The van der Waals surface area contributed by atoms with Gasteiger partial charge in [-0.2, -0.15) is 0 Å². The minimum atomic E-state index is 0.390. The topological polar surface area (TPSA) is 21.3 Å². The number of hydrogen-bond donors (Lipinski definition) is 1. The van der Waals surface area contributed by atoms with Gasteiger partial charge in [0.1, 0.15) is 0 Å². The predicted molar refractivity (Wildman–Crippen MR) is 70.9 cm³/mol. The molecule has 1 aromatic heterocycles. The van der Waals surface area contributed by atoms with Crippen LogP contribution in [0.1, 0.15) is 32.1 Å². The lowest BCUT2D eigenvalue weighted by molar-refractivity contribution is 0.0251. The Morgan fingerprint density at radius 3 is 2.81 bits per heavy atom. The molecular weight excluding hydrogens is 218 g/mol. The van der Waals surface area contributed by atoms with Crippen LogP contribution in [0, 0.1) is 5.92 Å². The van der Waals surface area contributed by atoms with E-state index >= 15 is 0 Å². The fraction of sp³-hybridized carbons (Fsp3) is 0.692. The molecule has 1 unspecified atom stereocenters. The van der Waals surface area contributed by atoms with Crippen molar-refractivity contribution in [2.75, 3.05) is 13.2 Å². The number of hydrogen-bond acceptors (Lipinski definition) is 3. The maximum absolute atomic E-state index is 5.70. The third-order valence-corrected chi connectivity index (χ3v) is 3.49. The molecule has 1 atom stereocenters. The van der Waals surface area contributed by atoms with Crippen molar-refractivity contribution in [3.8, 4) is 0 Å². The van der Waals surface area contributed by atoms with Crippen LogP contribution in [0.15, 0.2) is 17.5 Å². The van der Waals surface area contributed by atoms with Crippen LogP contribution in [0.5, 0.6) is 0 Å². The number of nitrogens with one attached hydrogen (secondary N) is 1. The smallest absolute Gasteiger partial charge is 0.0609 e. The van der Waals surface area contributed by atoms with Crippen LogP contribution in [0.3, 0.4) is 0 Å². The summed E-state index contributed by atoms with van der Waals surface area (Å²) < 4.78 is 5.70. The molecule has 0 radical (unpaired) electrons. The van der Waals surface area contributed by atoms with Gasteiger partial charge in [-0.3, -0.25) is 0 Å². The summed E-state index contributed by atoms with van der Waals surface area (Å²) in [7, 11) is 0. The van der Waals surface area contributed by atoms with Gasteiger partial charge in [0.05, 0.1) is 6.10 Å². The van der Waals surface area contributed by atoms with Crippen molar-refractivity contribution in [2.24, 2.45) is 5.92 Å². The first-order chi connectivity index (χ1) is 7.74. The highest BCUT2D eigenvalue weighted by Gasteiger charge is 2.12. The molecule has 1 N–H and O–H groups in total. The average molecular weight is 241 g/mol. The lowest BCUT2D eigenvalue weighted by Crippen LogP contribution is -2.26. The standard InChI is InChI=1S/C13H23NOS/c1-4-15-13(11(2)3)7-8-14-10-12-6-5-9-16-12/h5-6,9,11,13-14H,4,7-8,10H2,1-3H3. The molecule has 0 bridgehead atoms. The molecule has 0 aliphatic carbocycles. The summed E-state index contributed by atoms with van der Waals surface area (Å²) in [4.78, 5) is 1.40. The molecule has 0 fully saturated rings. The molecule has 0 spiro atoms. The summed E-state index contributed by atoms with van der Waals surface area (Å²) >= 11 is 1.80. The Morgan fingerprint density at radius 1 is 1.44 bits per heavy atom. The first kappa shape index (κ1) is 13.7. The molecule has 0 saturated carbocycles. The highest BCUT2D eigenvalue weighted by atomic mass is 32.1. The fourth-order valence-electron chi connectivity index (χ4n) is 1.69. The van der Waals surface area contributed by atoms with E-state index in [1.807, 2.05) is 0 Å². The second kappa shape index (κ2) is 7.82. The molecule has 1 rings (SSSR count). The third kappa shape index (κ3) is 5.10. The van der Waals surface area contributed by atoms with Crippen molar-refractivity contribution < 1.29 is 4.74 Å². The van der Waals surface area contributed by atoms with Crippen molar-refractivity contribution in [1.82, 2.24) is 5.32 Å². The van der Waals surface area contributed by atoms with E-state index < -0.39 is 0 Å². The first-order valence-corrected chi connectivity index (χ1v) is 6.96. The molecule has 1 heterocycles. The molecule has 3 heteroatoms. The van der Waals surface area contributed by atoms with E-state index in [1.165, 1.54) is 4.88 Å². The van der Waals surface area contributed by atoms with Crippen LogP contribution in [0.4, 0.5) is 0 Å². The Morgan fingerprint density at radius 2 is 2.25 bits per heavy atom. The van der Waals surface area contributed by atoms with E-state index in [0.29, 0.717) is 12.0 Å². The van der Waals surface area contributed by atoms with Gasteiger partial charge in [-0.25, -0.2) is 0 Å². The molecule has 0 aromatic carbocycles. The van der Waals surface area contributed by atoms with Gasteiger partial charge in [-0.1, -0.05) is 19.9 Å². The summed E-state index contributed by atoms with van der Waals surface area (Å²) in [5.41, 5.74) is 0. The zero-order valence-corrected chi connectivity index (χ0v) is 11.3. The van der Waals surface area contributed by atoms with Crippen LogP contribution in [0.2, 0.25) is 0 Å². The van der Waals surface area contributed by atoms with E-state index in [0.717, 1.165) is 26.1 Å². The van der Waals surface area contributed by atoms with Gasteiger partial charge >= 0.3 is 0 Å². The number of thiophene rings is 1. The zero-order valence-electron chi connectivity index (χ0n) is 10.5. The van der Waals surface area contributed by atoms with Gasteiger partial charge < -0.3 is 10.1 Å². The zero-order chi connectivity index (χ0) is 11.8. The predicted octanol–water partition coefficient (Wildman–Crippen LogP) is 3.29. The summed E-state index contributed by atoms with van der Waals surface area (Å²) in [6.45, 7) is 9.33. The fourth-order valence-corrected chi connectivity index (χ4v) is 2.37. The van der Waals surface area contributed by atoms with Crippen LogP contribution in [-0.4, -0.2) is 19.3 Å². The molecule has 2 nitrogen and oxygen atoms in total.